The van der Waals surface area contributed by atoms with Gasteiger partial charge in [0.15, 0.2) is 0 Å². The normalized spacial score (nSPS) is 12.7. The number of aliphatic hydroxyl groups is 1. The number of aliphatic hydroxyl groups excluding tert-OH is 1. The van der Waals surface area contributed by atoms with E-state index >= 15 is 0 Å². The third kappa shape index (κ3) is 2.28. The van der Waals surface area contributed by atoms with Gasteiger partial charge in [0.1, 0.15) is 6.10 Å². The molecule has 0 spiro atoms. The highest BCUT2D eigenvalue weighted by molar-refractivity contribution is 7.10. The molecule has 1 atom stereocenters. The summed E-state index contributed by atoms with van der Waals surface area (Å²) in [7, 11) is 0. The molecule has 2 aromatic rings. The maximum atomic E-state index is 10.1. The van der Waals surface area contributed by atoms with Gasteiger partial charge < -0.3 is 5.11 Å². The van der Waals surface area contributed by atoms with Crippen molar-refractivity contribution in [2.24, 2.45) is 0 Å². The minimum absolute atomic E-state index is 0.483. The van der Waals surface area contributed by atoms with E-state index in [1.54, 1.807) is 11.3 Å². The van der Waals surface area contributed by atoms with E-state index in [2.05, 4.69) is 19.9 Å². The average Bonchev–Trinajstić information content (AvgIpc) is 2.67. The molecule has 78 valence electrons. The van der Waals surface area contributed by atoms with Gasteiger partial charge >= 0.3 is 0 Å². The fraction of sp³-hybridized carbons (Fsp3) is 0.231. The van der Waals surface area contributed by atoms with Crippen molar-refractivity contribution in [1.82, 2.24) is 0 Å². The van der Waals surface area contributed by atoms with Crippen molar-refractivity contribution in [1.29, 1.82) is 0 Å². The molecule has 0 amide bonds. The zero-order valence-electron chi connectivity index (χ0n) is 8.90. The van der Waals surface area contributed by atoms with Gasteiger partial charge in [-0.15, -0.1) is 11.3 Å². The lowest BCUT2D eigenvalue weighted by molar-refractivity contribution is 0.224. The Morgan fingerprint density at radius 3 is 2.33 bits per heavy atom. The Kier molecular flexibility index (Phi) is 2.89. The molecular weight excluding hydrogens is 204 g/mol. The Hall–Kier alpha value is -1.12. The third-order valence-electron chi connectivity index (χ3n) is 2.37. The van der Waals surface area contributed by atoms with Crippen LogP contribution in [0.5, 0.6) is 0 Å². The zero-order chi connectivity index (χ0) is 10.8. The van der Waals surface area contributed by atoms with Crippen LogP contribution in [0.3, 0.4) is 0 Å². The number of aryl methyl sites for hydroxylation is 2. The quantitative estimate of drug-likeness (QED) is 0.818. The summed E-state index contributed by atoms with van der Waals surface area (Å²) in [6.07, 6.45) is -0.483. The van der Waals surface area contributed by atoms with Crippen LogP contribution < -0.4 is 0 Å². The molecule has 0 radical (unpaired) electrons. The van der Waals surface area contributed by atoms with Crippen LogP contribution in [-0.2, 0) is 0 Å². The first-order chi connectivity index (χ1) is 7.16. The number of hydrogen-bond donors (Lipinski definition) is 1. The van der Waals surface area contributed by atoms with Crippen LogP contribution in [0.1, 0.15) is 27.7 Å². The van der Waals surface area contributed by atoms with Crippen LogP contribution in [-0.4, -0.2) is 5.11 Å². The maximum Gasteiger partial charge on any atom is 0.113 e. The van der Waals surface area contributed by atoms with Gasteiger partial charge in [0.2, 0.25) is 0 Å². The van der Waals surface area contributed by atoms with Crippen LogP contribution in [0.4, 0.5) is 0 Å². The topological polar surface area (TPSA) is 20.2 Å². The summed E-state index contributed by atoms with van der Waals surface area (Å²) in [6.45, 7) is 4.11. The minimum Gasteiger partial charge on any atom is -0.383 e. The van der Waals surface area contributed by atoms with Gasteiger partial charge in [0, 0.05) is 4.88 Å². The van der Waals surface area contributed by atoms with E-state index in [1.165, 1.54) is 11.1 Å². The van der Waals surface area contributed by atoms with E-state index < -0.39 is 6.10 Å². The number of benzene rings is 1. The zero-order valence-corrected chi connectivity index (χ0v) is 9.71. The molecule has 1 nitrogen and oxygen atoms in total. The molecular formula is C13H14OS. The SMILES string of the molecule is Cc1cc(C)cc([C@H](O)c2cccs2)c1. The summed E-state index contributed by atoms with van der Waals surface area (Å²) >= 11 is 1.59. The maximum absolute atomic E-state index is 10.1. The minimum atomic E-state index is -0.483. The fourth-order valence-electron chi connectivity index (χ4n) is 1.78. The Morgan fingerprint density at radius 2 is 1.80 bits per heavy atom. The molecule has 1 N–H and O–H groups in total. The number of thiophene rings is 1. The highest BCUT2D eigenvalue weighted by Crippen LogP contribution is 2.26. The predicted octanol–water partition coefficient (Wildman–Crippen LogP) is 3.45. The molecule has 2 rings (SSSR count). The molecule has 2 heteroatoms. The molecule has 15 heavy (non-hydrogen) atoms. The Morgan fingerprint density at radius 1 is 1.13 bits per heavy atom. The highest BCUT2D eigenvalue weighted by Gasteiger charge is 2.11. The first kappa shape index (κ1) is 10.4. The highest BCUT2D eigenvalue weighted by atomic mass is 32.1. The predicted molar refractivity (Wildman–Crippen MR) is 64.3 cm³/mol. The molecule has 0 aliphatic carbocycles. The van der Waals surface area contributed by atoms with E-state index in [-0.39, 0.29) is 0 Å². The van der Waals surface area contributed by atoms with Crippen molar-refractivity contribution < 1.29 is 5.11 Å². The molecule has 1 aromatic carbocycles. The van der Waals surface area contributed by atoms with Crippen molar-refractivity contribution in [3.05, 3.63) is 57.3 Å². The first-order valence-electron chi connectivity index (χ1n) is 4.96. The summed E-state index contributed by atoms with van der Waals surface area (Å²) in [6, 6.07) is 10.1. The molecule has 0 aliphatic heterocycles. The standard InChI is InChI=1S/C13H14OS/c1-9-6-10(2)8-11(7-9)13(14)12-4-3-5-15-12/h3-8,13-14H,1-2H3/t13-/m0/s1. The largest absolute Gasteiger partial charge is 0.383 e. The van der Waals surface area contributed by atoms with Crippen LogP contribution in [0.2, 0.25) is 0 Å². The Labute approximate surface area is 94.0 Å². The number of rotatable bonds is 2. The molecule has 0 saturated heterocycles. The van der Waals surface area contributed by atoms with Crippen LogP contribution in [0.15, 0.2) is 35.7 Å². The van der Waals surface area contributed by atoms with E-state index in [4.69, 9.17) is 0 Å². The third-order valence-corrected chi connectivity index (χ3v) is 3.30. The summed E-state index contributed by atoms with van der Waals surface area (Å²) in [5.74, 6) is 0. The van der Waals surface area contributed by atoms with Gasteiger partial charge in [-0.1, -0.05) is 35.4 Å². The van der Waals surface area contributed by atoms with Crippen LogP contribution in [0, 0.1) is 13.8 Å². The van der Waals surface area contributed by atoms with Gasteiger partial charge in [-0.25, -0.2) is 0 Å². The van der Waals surface area contributed by atoms with E-state index in [0.717, 1.165) is 10.4 Å². The van der Waals surface area contributed by atoms with Gasteiger partial charge in [0.05, 0.1) is 0 Å². The summed E-state index contributed by atoms with van der Waals surface area (Å²) < 4.78 is 0. The van der Waals surface area contributed by atoms with Gasteiger partial charge in [-0.3, -0.25) is 0 Å². The van der Waals surface area contributed by atoms with Crippen molar-refractivity contribution >= 4 is 11.3 Å². The first-order valence-corrected chi connectivity index (χ1v) is 5.84. The molecule has 0 bridgehead atoms. The van der Waals surface area contributed by atoms with Crippen molar-refractivity contribution in [3.8, 4) is 0 Å². The van der Waals surface area contributed by atoms with Crippen molar-refractivity contribution in [2.75, 3.05) is 0 Å². The van der Waals surface area contributed by atoms with Gasteiger partial charge in [-0.2, -0.15) is 0 Å². The summed E-state index contributed by atoms with van der Waals surface area (Å²) in [5.41, 5.74) is 3.37. The van der Waals surface area contributed by atoms with Crippen molar-refractivity contribution in [2.45, 2.75) is 20.0 Å². The van der Waals surface area contributed by atoms with Crippen LogP contribution in [0.25, 0.3) is 0 Å². The molecule has 0 aliphatic rings. The summed E-state index contributed by atoms with van der Waals surface area (Å²) in [5, 5.41) is 12.1. The molecule has 0 fully saturated rings. The van der Waals surface area contributed by atoms with Crippen molar-refractivity contribution in [3.63, 3.8) is 0 Å². The smallest absolute Gasteiger partial charge is 0.113 e. The molecule has 1 heterocycles. The average molecular weight is 218 g/mol. The van der Waals surface area contributed by atoms with Gasteiger partial charge in [-0.05, 0) is 30.9 Å². The summed E-state index contributed by atoms with van der Waals surface area (Å²) in [4.78, 5) is 1.00. The van der Waals surface area contributed by atoms with Gasteiger partial charge in [0.25, 0.3) is 0 Å². The second-order valence-electron chi connectivity index (χ2n) is 3.84. The second kappa shape index (κ2) is 4.17. The van der Waals surface area contributed by atoms with E-state index in [0.29, 0.717) is 0 Å². The Balaban J connectivity index is 2.37. The molecule has 1 aromatic heterocycles. The van der Waals surface area contributed by atoms with E-state index in [1.807, 2.05) is 29.6 Å². The monoisotopic (exact) mass is 218 g/mol. The lowest BCUT2D eigenvalue weighted by atomic mass is 10.0. The molecule has 0 saturated carbocycles. The number of hydrogen-bond acceptors (Lipinski definition) is 2. The lowest BCUT2D eigenvalue weighted by Crippen LogP contribution is -1.98. The van der Waals surface area contributed by atoms with E-state index in [9.17, 15) is 5.11 Å². The lowest BCUT2D eigenvalue weighted by Gasteiger charge is -2.10. The molecule has 0 unspecified atom stereocenters. The van der Waals surface area contributed by atoms with Crippen LogP contribution >= 0.6 is 11.3 Å². The fourth-order valence-corrected chi connectivity index (χ4v) is 2.52. The Bertz CT molecular complexity index is 425. The second-order valence-corrected chi connectivity index (χ2v) is 4.82.